The van der Waals surface area contributed by atoms with Crippen molar-refractivity contribution in [2.24, 2.45) is 5.73 Å². The average molecular weight is 321 g/mol. The number of halogens is 3. The zero-order chi connectivity index (χ0) is 14.0. The van der Waals surface area contributed by atoms with Gasteiger partial charge in [0.25, 0.3) is 0 Å². The Kier molecular flexibility index (Phi) is 4.63. The first kappa shape index (κ1) is 14.5. The lowest BCUT2D eigenvalue weighted by molar-refractivity contribution is 0.153. The first-order chi connectivity index (χ1) is 8.99. The topological polar surface area (TPSA) is 48.4 Å². The summed E-state index contributed by atoms with van der Waals surface area (Å²) < 4.78 is 11.1. The molecule has 6 heteroatoms. The van der Waals surface area contributed by atoms with E-state index in [1.807, 2.05) is 6.92 Å². The Morgan fingerprint density at radius 1 is 1.16 bits per heavy atom. The van der Waals surface area contributed by atoms with Gasteiger partial charge in [0.05, 0.1) is 21.3 Å². The van der Waals surface area contributed by atoms with Crippen LogP contribution in [0.2, 0.25) is 15.1 Å². The zero-order valence-electron chi connectivity index (χ0n) is 10.1. The van der Waals surface area contributed by atoms with Gasteiger partial charge in [0.1, 0.15) is 11.5 Å². The zero-order valence-corrected chi connectivity index (χ0v) is 12.3. The molecule has 1 aromatic carbocycles. The smallest absolute Gasteiger partial charge is 0.171 e. The maximum absolute atomic E-state index is 6.07. The second-order valence-electron chi connectivity index (χ2n) is 4.11. The van der Waals surface area contributed by atoms with E-state index in [4.69, 9.17) is 49.7 Å². The van der Waals surface area contributed by atoms with Gasteiger partial charge in [0.15, 0.2) is 6.10 Å². The highest BCUT2D eigenvalue weighted by atomic mass is 35.5. The summed E-state index contributed by atoms with van der Waals surface area (Å²) in [6.07, 6.45) is 1.11. The summed E-state index contributed by atoms with van der Waals surface area (Å²) in [7, 11) is 0. The predicted molar refractivity (Wildman–Crippen MR) is 77.2 cm³/mol. The molecule has 2 unspecified atom stereocenters. The van der Waals surface area contributed by atoms with E-state index >= 15 is 0 Å². The summed E-state index contributed by atoms with van der Waals surface area (Å²) in [4.78, 5) is 0. The van der Waals surface area contributed by atoms with E-state index in [-0.39, 0.29) is 6.04 Å². The normalized spacial score (nSPS) is 14.2. The minimum atomic E-state index is -0.454. The van der Waals surface area contributed by atoms with Crippen LogP contribution in [0.15, 0.2) is 34.9 Å². The second-order valence-corrected chi connectivity index (χ2v) is 5.33. The number of ether oxygens (including phenoxy) is 1. The van der Waals surface area contributed by atoms with Crippen LogP contribution >= 0.6 is 34.8 Å². The van der Waals surface area contributed by atoms with Crippen molar-refractivity contribution in [2.75, 3.05) is 0 Å². The van der Waals surface area contributed by atoms with Crippen molar-refractivity contribution in [1.29, 1.82) is 0 Å². The molecule has 0 fully saturated rings. The van der Waals surface area contributed by atoms with Gasteiger partial charge in [-0.15, -0.1) is 0 Å². The SMILES string of the molecule is CC(N)C(Oc1cc(Cl)c(Cl)cc1Cl)c1ccco1. The van der Waals surface area contributed by atoms with Crippen molar-refractivity contribution in [1.82, 2.24) is 0 Å². The molecule has 0 saturated heterocycles. The molecule has 0 saturated carbocycles. The number of hydrogen-bond acceptors (Lipinski definition) is 3. The highest BCUT2D eigenvalue weighted by Gasteiger charge is 2.22. The summed E-state index contributed by atoms with van der Waals surface area (Å²) in [6.45, 7) is 1.82. The van der Waals surface area contributed by atoms with E-state index in [1.54, 1.807) is 24.5 Å². The van der Waals surface area contributed by atoms with E-state index in [2.05, 4.69) is 0 Å². The van der Waals surface area contributed by atoms with Crippen LogP contribution in [0.4, 0.5) is 0 Å². The van der Waals surface area contributed by atoms with Crippen LogP contribution in [0, 0.1) is 0 Å². The summed E-state index contributed by atoms with van der Waals surface area (Å²) >= 11 is 17.9. The minimum absolute atomic E-state index is 0.281. The third kappa shape index (κ3) is 3.37. The fourth-order valence-electron chi connectivity index (χ4n) is 1.61. The molecular weight excluding hydrogens is 309 g/mol. The lowest BCUT2D eigenvalue weighted by atomic mass is 10.1. The fraction of sp³-hybridized carbons (Fsp3) is 0.231. The molecule has 0 aliphatic heterocycles. The van der Waals surface area contributed by atoms with Crippen LogP contribution in [0.3, 0.4) is 0 Å². The molecule has 0 spiro atoms. The summed E-state index contributed by atoms with van der Waals surface area (Å²) in [5, 5.41) is 1.10. The monoisotopic (exact) mass is 319 g/mol. The quantitative estimate of drug-likeness (QED) is 0.830. The predicted octanol–water partition coefficient (Wildman–Crippen LogP) is 4.71. The van der Waals surface area contributed by atoms with Gasteiger partial charge < -0.3 is 14.9 Å². The Hall–Kier alpha value is -0.870. The molecule has 2 N–H and O–H groups in total. The van der Waals surface area contributed by atoms with Crippen molar-refractivity contribution in [2.45, 2.75) is 19.1 Å². The Balaban J connectivity index is 2.30. The standard InChI is InChI=1S/C13H12Cl3NO2/c1-7(17)13(11-3-2-4-18-11)19-12-6-9(15)8(14)5-10(12)16/h2-7,13H,17H2,1H3. The van der Waals surface area contributed by atoms with Crippen LogP contribution in [0.25, 0.3) is 0 Å². The molecule has 0 aliphatic carbocycles. The summed E-state index contributed by atoms with van der Waals surface area (Å²) in [6, 6.07) is 6.37. The van der Waals surface area contributed by atoms with E-state index in [0.29, 0.717) is 26.6 Å². The van der Waals surface area contributed by atoms with Crippen LogP contribution in [0.5, 0.6) is 5.75 Å². The van der Waals surface area contributed by atoms with Crippen molar-refractivity contribution in [3.63, 3.8) is 0 Å². The maximum atomic E-state index is 6.07. The Labute approximate surface area is 126 Å². The van der Waals surface area contributed by atoms with Gasteiger partial charge in [0.2, 0.25) is 0 Å². The number of furan rings is 1. The molecule has 0 aliphatic rings. The third-order valence-corrected chi connectivity index (χ3v) is 3.55. The van der Waals surface area contributed by atoms with Gasteiger partial charge in [-0.2, -0.15) is 0 Å². The number of nitrogens with two attached hydrogens (primary N) is 1. The second kappa shape index (κ2) is 6.06. The summed E-state index contributed by atoms with van der Waals surface area (Å²) in [5.74, 6) is 1.03. The third-order valence-electron chi connectivity index (χ3n) is 2.53. The van der Waals surface area contributed by atoms with Gasteiger partial charge in [-0.3, -0.25) is 0 Å². The molecule has 0 bridgehead atoms. The Morgan fingerprint density at radius 2 is 1.84 bits per heavy atom. The van der Waals surface area contributed by atoms with E-state index in [9.17, 15) is 0 Å². The van der Waals surface area contributed by atoms with Crippen molar-refractivity contribution >= 4 is 34.8 Å². The van der Waals surface area contributed by atoms with Gasteiger partial charge >= 0.3 is 0 Å². The first-order valence-corrected chi connectivity index (χ1v) is 6.72. The molecule has 2 rings (SSSR count). The Morgan fingerprint density at radius 3 is 2.42 bits per heavy atom. The summed E-state index contributed by atoms with van der Waals surface area (Å²) in [5.41, 5.74) is 5.91. The van der Waals surface area contributed by atoms with E-state index in [0.717, 1.165) is 0 Å². The molecule has 0 radical (unpaired) electrons. The van der Waals surface area contributed by atoms with Gasteiger partial charge in [-0.05, 0) is 25.1 Å². The van der Waals surface area contributed by atoms with Crippen LogP contribution < -0.4 is 10.5 Å². The molecule has 19 heavy (non-hydrogen) atoms. The largest absolute Gasteiger partial charge is 0.479 e. The molecule has 0 amide bonds. The van der Waals surface area contributed by atoms with Crippen LogP contribution in [-0.4, -0.2) is 6.04 Å². The van der Waals surface area contributed by atoms with Crippen LogP contribution in [0.1, 0.15) is 18.8 Å². The molecule has 2 atom stereocenters. The molecule has 1 aromatic heterocycles. The van der Waals surface area contributed by atoms with E-state index < -0.39 is 6.10 Å². The number of benzene rings is 1. The maximum Gasteiger partial charge on any atom is 0.171 e. The lowest BCUT2D eigenvalue weighted by Gasteiger charge is -2.21. The minimum Gasteiger partial charge on any atom is -0.479 e. The first-order valence-electron chi connectivity index (χ1n) is 5.59. The van der Waals surface area contributed by atoms with Gasteiger partial charge in [0, 0.05) is 12.1 Å². The number of hydrogen-bond donors (Lipinski definition) is 1. The number of rotatable bonds is 4. The van der Waals surface area contributed by atoms with E-state index in [1.165, 1.54) is 6.07 Å². The van der Waals surface area contributed by atoms with Gasteiger partial charge in [-0.1, -0.05) is 34.8 Å². The van der Waals surface area contributed by atoms with Crippen LogP contribution in [-0.2, 0) is 0 Å². The molecule has 2 aromatic rings. The van der Waals surface area contributed by atoms with Gasteiger partial charge in [-0.25, -0.2) is 0 Å². The lowest BCUT2D eigenvalue weighted by Crippen LogP contribution is -2.28. The van der Waals surface area contributed by atoms with Crippen molar-refractivity contribution in [3.05, 3.63) is 51.4 Å². The highest BCUT2D eigenvalue weighted by Crippen LogP contribution is 2.36. The van der Waals surface area contributed by atoms with Crippen molar-refractivity contribution in [3.8, 4) is 5.75 Å². The molecule has 102 valence electrons. The molecular formula is C13H12Cl3NO2. The van der Waals surface area contributed by atoms with Crippen molar-refractivity contribution < 1.29 is 9.15 Å². The molecule has 1 heterocycles. The molecule has 3 nitrogen and oxygen atoms in total. The Bertz CT molecular complexity index is 555. The average Bonchev–Trinajstić information content (AvgIpc) is 2.85. The fourth-order valence-corrected chi connectivity index (χ4v) is 2.19. The highest BCUT2D eigenvalue weighted by molar-refractivity contribution is 6.43.